The molecule has 0 atom stereocenters. The molecule has 0 aromatic carbocycles. The van der Waals surface area contributed by atoms with Crippen LogP contribution in [0.3, 0.4) is 0 Å². The lowest BCUT2D eigenvalue weighted by Crippen LogP contribution is -2.26. The molecule has 1 rings (SSSR count). The quantitative estimate of drug-likeness (QED) is 0.800. The van der Waals surface area contributed by atoms with Crippen LogP contribution in [0.1, 0.15) is 12.6 Å². The van der Waals surface area contributed by atoms with Gasteiger partial charge in [-0.15, -0.1) is 10.2 Å². The average Bonchev–Trinajstić information content (AvgIpc) is 2.25. The Labute approximate surface area is 99.8 Å². The smallest absolute Gasteiger partial charge is 0.355 e. The van der Waals surface area contributed by atoms with E-state index in [0.29, 0.717) is 18.9 Å². The Kier molecular flexibility index (Phi) is 4.52. The minimum atomic E-state index is -4.43. The zero-order valence-corrected chi connectivity index (χ0v) is 10.2. The third kappa shape index (κ3) is 3.33. The van der Waals surface area contributed by atoms with Crippen LogP contribution in [0.5, 0.6) is 0 Å². The summed E-state index contributed by atoms with van der Waals surface area (Å²) in [5.74, 6) is 0.454. The van der Waals surface area contributed by atoms with Crippen molar-refractivity contribution in [3.63, 3.8) is 0 Å². The maximum absolute atomic E-state index is 12.2. The fraction of sp³-hybridized carbons (Fsp3) is 0.556. The number of hydrogen-bond donors (Lipinski definition) is 0. The zero-order valence-electron chi connectivity index (χ0n) is 8.63. The fourth-order valence-corrected chi connectivity index (χ4v) is 1.61. The number of halogens is 4. The second-order valence-electron chi connectivity index (χ2n) is 3.04. The molecule has 0 unspecified atom stereocenters. The molecule has 0 fully saturated rings. The molecule has 0 aliphatic rings. The molecule has 0 aliphatic carbocycles. The summed E-state index contributed by atoms with van der Waals surface area (Å²) < 4.78 is 36.7. The van der Waals surface area contributed by atoms with Crippen molar-refractivity contribution in [3.8, 4) is 0 Å². The molecule has 1 heterocycles. The van der Waals surface area contributed by atoms with Crippen molar-refractivity contribution in [2.24, 2.45) is 0 Å². The Balaban J connectivity index is 2.85. The minimum Gasteiger partial charge on any atom is -0.355 e. The van der Waals surface area contributed by atoms with Gasteiger partial charge in [0.2, 0.25) is 0 Å². The van der Waals surface area contributed by atoms with Crippen molar-refractivity contribution < 1.29 is 13.2 Å². The highest BCUT2D eigenvalue weighted by atomic mass is 79.9. The monoisotopic (exact) mass is 297 g/mol. The molecule has 3 nitrogen and oxygen atoms in total. The highest BCUT2D eigenvalue weighted by molar-refractivity contribution is 9.09. The topological polar surface area (TPSA) is 29.0 Å². The van der Waals surface area contributed by atoms with Crippen molar-refractivity contribution in [1.29, 1.82) is 0 Å². The van der Waals surface area contributed by atoms with Gasteiger partial charge in [-0.25, -0.2) is 0 Å². The van der Waals surface area contributed by atoms with Gasteiger partial charge in [0.05, 0.1) is 0 Å². The van der Waals surface area contributed by atoms with E-state index < -0.39 is 11.9 Å². The molecule has 0 bridgehead atoms. The summed E-state index contributed by atoms with van der Waals surface area (Å²) in [6, 6.07) is 2.28. The summed E-state index contributed by atoms with van der Waals surface area (Å²) in [7, 11) is 0. The van der Waals surface area contributed by atoms with Gasteiger partial charge >= 0.3 is 6.18 Å². The minimum absolute atomic E-state index is 0.454. The second kappa shape index (κ2) is 5.47. The number of alkyl halides is 4. The zero-order chi connectivity index (χ0) is 12.2. The standard InChI is InChI=1S/C9H11BrF3N3/c1-2-16(6-5-10)8-4-3-7(14-15-8)9(11,12)13/h3-4H,2,5-6H2,1H3. The molecule has 0 N–H and O–H groups in total. The van der Waals surface area contributed by atoms with Crippen LogP contribution >= 0.6 is 15.9 Å². The largest absolute Gasteiger partial charge is 0.435 e. The number of rotatable bonds is 4. The van der Waals surface area contributed by atoms with E-state index in [1.807, 2.05) is 11.8 Å². The van der Waals surface area contributed by atoms with Crippen LogP contribution in [-0.2, 0) is 6.18 Å². The molecule has 0 spiro atoms. The lowest BCUT2D eigenvalue weighted by Gasteiger charge is -2.20. The molecule has 0 saturated heterocycles. The van der Waals surface area contributed by atoms with Crippen LogP contribution in [0.15, 0.2) is 12.1 Å². The normalized spacial score (nSPS) is 11.6. The first-order valence-corrected chi connectivity index (χ1v) is 5.83. The Morgan fingerprint density at radius 3 is 2.38 bits per heavy atom. The van der Waals surface area contributed by atoms with Crippen LogP contribution < -0.4 is 4.90 Å². The van der Waals surface area contributed by atoms with Gasteiger partial charge in [-0.3, -0.25) is 0 Å². The van der Waals surface area contributed by atoms with Gasteiger partial charge in [-0.05, 0) is 19.1 Å². The molecule has 0 amide bonds. The highest BCUT2D eigenvalue weighted by Gasteiger charge is 2.33. The third-order valence-electron chi connectivity index (χ3n) is 2.00. The maximum atomic E-state index is 12.2. The number of nitrogens with zero attached hydrogens (tertiary/aromatic N) is 3. The first-order valence-electron chi connectivity index (χ1n) is 4.71. The Morgan fingerprint density at radius 2 is 2.00 bits per heavy atom. The fourth-order valence-electron chi connectivity index (χ4n) is 1.18. The highest BCUT2D eigenvalue weighted by Crippen LogP contribution is 2.27. The molecular weight excluding hydrogens is 287 g/mol. The summed E-state index contributed by atoms with van der Waals surface area (Å²) in [6.45, 7) is 3.25. The summed E-state index contributed by atoms with van der Waals surface area (Å²) >= 11 is 3.26. The maximum Gasteiger partial charge on any atom is 0.435 e. The summed E-state index contributed by atoms with van der Waals surface area (Å²) in [6.07, 6.45) is -4.43. The lowest BCUT2D eigenvalue weighted by atomic mass is 10.3. The van der Waals surface area contributed by atoms with E-state index in [9.17, 15) is 13.2 Å². The van der Waals surface area contributed by atoms with Crippen LogP contribution in [0, 0.1) is 0 Å². The van der Waals surface area contributed by atoms with Gasteiger partial charge in [-0.2, -0.15) is 13.2 Å². The van der Waals surface area contributed by atoms with Crippen molar-refractivity contribution in [2.75, 3.05) is 23.3 Å². The Morgan fingerprint density at radius 1 is 1.31 bits per heavy atom. The van der Waals surface area contributed by atoms with E-state index in [4.69, 9.17) is 0 Å². The summed E-state index contributed by atoms with van der Waals surface area (Å²) in [5.41, 5.74) is -0.967. The van der Waals surface area contributed by atoms with Crippen LogP contribution in [-0.4, -0.2) is 28.6 Å². The van der Waals surface area contributed by atoms with E-state index >= 15 is 0 Å². The first kappa shape index (κ1) is 13.2. The van der Waals surface area contributed by atoms with E-state index in [1.165, 1.54) is 6.07 Å². The van der Waals surface area contributed by atoms with Crippen LogP contribution in [0.4, 0.5) is 19.0 Å². The van der Waals surface area contributed by atoms with Gasteiger partial charge < -0.3 is 4.90 Å². The van der Waals surface area contributed by atoms with E-state index in [2.05, 4.69) is 26.1 Å². The van der Waals surface area contributed by atoms with Gasteiger partial charge in [0.15, 0.2) is 11.5 Å². The van der Waals surface area contributed by atoms with Gasteiger partial charge in [0, 0.05) is 18.4 Å². The molecule has 0 radical (unpaired) electrons. The molecule has 1 aromatic rings. The summed E-state index contributed by atoms with van der Waals surface area (Å²) in [5, 5.41) is 7.46. The van der Waals surface area contributed by atoms with Crippen LogP contribution in [0.2, 0.25) is 0 Å². The molecule has 7 heteroatoms. The second-order valence-corrected chi connectivity index (χ2v) is 3.84. The average molecular weight is 298 g/mol. The molecule has 90 valence electrons. The van der Waals surface area contributed by atoms with E-state index in [-0.39, 0.29) is 0 Å². The SMILES string of the molecule is CCN(CCBr)c1ccc(C(F)(F)F)nn1. The van der Waals surface area contributed by atoms with Crippen molar-refractivity contribution in [1.82, 2.24) is 10.2 Å². The molecule has 16 heavy (non-hydrogen) atoms. The van der Waals surface area contributed by atoms with Gasteiger partial charge in [0.1, 0.15) is 0 Å². The van der Waals surface area contributed by atoms with Crippen molar-refractivity contribution in [2.45, 2.75) is 13.1 Å². The number of anilines is 1. The Bertz CT molecular complexity index is 326. The van der Waals surface area contributed by atoms with E-state index in [0.717, 1.165) is 11.4 Å². The van der Waals surface area contributed by atoms with Gasteiger partial charge in [-0.1, -0.05) is 15.9 Å². The van der Waals surface area contributed by atoms with E-state index in [1.54, 1.807) is 0 Å². The Hall–Kier alpha value is -0.850. The predicted octanol–water partition coefficient (Wildman–Crippen LogP) is 2.72. The van der Waals surface area contributed by atoms with Crippen LogP contribution in [0.25, 0.3) is 0 Å². The molecule has 0 aliphatic heterocycles. The summed E-state index contributed by atoms with van der Waals surface area (Å²) in [4.78, 5) is 1.84. The molecule has 1 aromatic heterocycles. The lowest BCUT2D eigenvalue weighted by molar-refractivity contribution is -0.141. The number of aromatic nitrogens is 2. The first-order chi connectivity index (χ1) is 7.49. The predicted molar refractivity (Wildman–Crippen MR) is 58.7 cm³/mol. The molecular formula is C9H11BrF3N3. The number of hydrogen-bond acceptors (Lipinski definition) is 3. The van der Waals surface area contributed by atoms with Crippen molar-refractivity contribution >= 4 is 21.7 Å². The third-order valence-corrected chi connectivity index (χ3v) is 2.36. The molecule has 0 saturated carbocycles. The van der Waals surface area contributed by atoms with Gasteiger partial charge in [0.25, 0.3) is 0 Å². The van der Waals surface area contributed by atoms with Crippen molar-refractivity contribution in [3.05, 3.63) is 17.8 Å².